The molecule has 0 spiro atoms. The molecule has 3 heteroatoms. The van der Waals surface area contributed by atoms with E-state index in [1.807, 2.05) is 0 Å². The molecule has 150 valence electrons. The van der Waals surface area contributed by atoms with Gasteiger partial charge in [-0.2, -0.15) is 0 Å². The molecule has 0 N–H and O–H groups in total. The van der Waals surface area contributed by atoms with Crippen LogP contribution < -0.4 is 0 Å². The van der Waals surface area contributed by atoms with E-state index in [0.29, 0.717) is 23.2 Å². The van der Waals surface area contributed by atoms with E-state index in [1.54, 1.807) is 5.57 Å². The highest BCUT2D eigenvalue weighted by Gasteiger charge is 2.58. The molecule has 0 aromatic carbocycles. The zero-order valence-corrected chi connectivity index (χ0v) is 17.2. The minimum absolute atomic E-state index is 0.0124. The molecule has 0 bridgehead atoms. The number of hydrogen-bond acceptors (Lipinski definition) is 3. The Morgan fingerprint density at radius 3 is 2.67 bits per heavy atom. The Morgan fingerprint density at radius 2 is 1.85 bits per heavy atom. The van der Waals surface area contributed by atoms with Crippen molar-refractivity contribution in [2.24, 2.45) is 28.6 Å². The maximum Gasteiger partial charge on any atom is 0.157 e. The fourth-order valence-corrected chi connectivity index (χ4v) is 7.55. The molecular formula is C24H36O3. The minimum atomic E-state index is -0.0124. The third-order valence-electron chi connectivity index (χ3n) is 9.25. The van der Waals surface area contributed by atoms with E-state index in [0.717, 1.165) is 57.0 Å². The van der Waals surface area contributed by atoms with Gasteiger partial charge in [0.25, 0.3) is 0 Å². The van der Waals surface area contributed by atoms with Crippen molar-refractivity contribution in [1.82, 2.24) is 0 Å². The van der Waals surface area contributed by atoms with Crippen LogP contribution >= 0.6 is 0 Å². The molecule has 0 aromatic rings. The summed E-state index contributed by atoms with van der Waals surface area (Å²) in [5, 5.41) is 0. The summed E-state index contributed by atoms with van der Waals surface area (Å²) in [6.45, 7) is 5.67. The number of hydrogen-bond donors (Lipinski definition) is 0. The summed E-state index contributed by atoms with van der Waals surface area (Å²) in [5.41, 5.74) is 1.98. The maximum absolute atomic E-state index is 12.6. The second kappa shape index (κ2) is 6.69. The van der Waals surface area contributed by atoms with Crippen molar-refractivity contribution in [3.05, 3.63) is 11.6 Å². The molecule has 27 heavy (non-hydrogen) atoms. The van der Waals surface area contributed by atoms with E-state index in [-0.39, 0.29) is 11.7 Å². The minimum Gasteiger partial charge on any atom is -0.353 e. The number of fused-ring (bicyclic) bond motifs is 5. The normalized spacial score (nSPS) is 49.8. The van der Waals surface area contributed by atoms with Crippen LogP contribution in [0.4, 0.5) is 0 Å². The number of ketones is 1. The quantitative estimate of drug-likeness (QED) is 0.606. The van der Waals surface area contributed by atoms with E-state index >= 15 is 0 Å². The van der Waals surface area contributed by atoms with E-state index in [2.05, 4.69) is 19.9 Å². The Labute approximate surface area is 164 Å². The zero-order chi connectivity index (χ0) is 18.6. The lowest BCUT2D eigenvalue weighted by molar-refractivity contribution is -0.195. The maximum atomic E-state index is 12.6. The van der Waals surface area contributed by atoms with Crippen LogP contribution in [0, 0.1) is 28.6 Å². The van der Waals surface area contributed by atoms with Gasteiger partial charge in [-0.15, -0.1) is 0 Å². The summed E-state index contributed by atoms with van der Waals surface area (Å²) in [6.07, 6.45) is 15.4. The molecule has 5 aliphatic rings. The van der Waals surface area contributed by atoms with E-state index in [4.69, 9.17) is 9.47 Å². The van der Waals surface area contributed by atoms with Gasteiger partial charge in [-0.3, -0.25) is 4.79 Å². The molecule has 5 rings (SSSR count). The number of rotatable bonds is 2. The van der Waals surface area contributed by atoms with Gasteiger partial charge in [0, 0.05) is 18.4 Å². The standard InChI is InChI=1S/C24H36O3/c1-23-12-10-17(27-22-5-3-4-14-26-22)15-16(23)6-7-18-19-8-9-21(25)24(19,2)13-11-20(18)23/h6,17-20,22H,3-5,7-15H2,1-2H3/t17-,18+,19+,20+,22+,23-,24-/m0/s1. The highest BCUT2D eigenvalue weighted by molar-refractivity contribution is 5.87. The van der Waals surface area contributed by atoms with Gasteiger partial charge >= 0.3 is 0 Å². The Bertz CT molecular complexity index is 634. The Morgan fingerprint density at radius 1 is 1.04 bits per heavy atom. The average molecular weight is 373 g/mol. The van der Waals surface area contributed by atoms with Crippen molar-refractivity contribution in [3.63, 3.8) is 0 Å². The fraction of sp³-hybridized carbons (Fsp3) is 0.875. The lowest BCUT2D eigenvalue weighted by Gasteiger charge is -2.57. The second-order valence-corrected chi connectivity index (χ2v) is 10.5. The molecule has 3 nitrogen and oxygen atoms in total. The first-order chi connectivity index (χ1) is 13.0. The van der Waals surface area contributed by atoms with Crippen LogP contribution in [0.25, 0.3) is 0 Å². The molecule has 4 fully saturated rings. The molecule has 0 aromatic heterocycles. The Kier molecular flexibility index (Phi) is 4.55. The first-order valence-corrected chi connectivity index (χ1v) is 11.5. The largest absolute Gasteiger partial charge is 0.353 e. The monoisotopic (exact) mass is 372 g/mol. The fourth-order valence-electron chi connectivity index (χ4n) is 7.55. The molecule has 3 saturated carbocycles. The molecule has 1 heterocycles. The van der Waals surface area contributed by atoms with Crippen LogP contribution in [-0.2, 0) is 14.3 Å². The SMILES string of the molecule is C[C@]12CC[C@H](O[C@@H]3CCCCO3)CC1=CC[C@H]1[C@H]2CC[C@]2(C)C(=O)CC[C@H]12. The molecule has 0 amide bonds. The molecule has 0 unspecified atom stereocenters. The van der Waals surface area contributed by atoms with Crippen LogP contribution in [0.15, 0.2) is 11.6 Å². The van der Waals surface area contributed by atoms with E-state index in [1.165, 1.54) is 32.1 Å². The molecule has 7 atom stereocenters. The number of Topliss-reactive ketones (excluding diaryl/α,β-unsaturated/α-hetero) is 1. The molecule has 1 aliphatic heterocycles. The number of carbonyl (C=O) groups is 1. The number of ether oxygens (including phenoxy) is 2. The highest BCUT2D eigenvalue weighted by Crippen LogP contribution is 2.64. The van der Waals surface area contributed by atoms with Crippen LogP contribution in [0.1, 0.15) is 84.5 Å². The summed E-state index contributed by atoms with van der Waals surface area (Å²) in [6, 6.07) is 0. The summed E-state index contributed by atoms with van der Waals surface area (Å²) in [4.78, 5) is 12.6. The van der Waals surface area contributed by atoms with Crippen LogP contribution in [-0.4, -0.2) is 24.8 Å². The number of carbonyl (C=O) groups excluding carboxylic acids is 1. The summed E-state index contributed by atoms with van der Waals surface area (Å²) in [7, 11) is 0. The van der Waals surface area contributed by atoms with Crippen LogP contribution in [0.5, 0.6) is 0 Å². The van der Waals surface area contributed by atoms with Crippen molar-refractivity contribution >= 4 is 5.78 Å². The van der Waals surface area contributed by atoms with Gasteiger partial charge in [0.2, 0.25) is 0 Å². The third-order valence-corrected chi connectivity index (χ3v) is 9.25. The van der Waals surface area contributed by atoms with Crippen molar-refractivity contribution in [1.29, 1.82) is 0 Å². The van der Waals surface area contributed by atoms with Crippen LogP contribution in [0.2, 0.25) is 0 Å². The lowest BCUT2D eigenvalue weighted by atomic mass is 9.48. The van der Waals surface area contributed by atoms with Gasteiger partial charge in [-0.25, -0.2) is 0 Å². The van der Waals surface area contributed by atoms with Gasteiger partial charge in [0.15, 0.2) is 6.29 Å². The molecule has 0 radical (unpaired) electrons. The van der Waals surface area contributed by atoms with Gasteiger partial charge in [-0.05, 0) is 87.4 Å². The third kappa shape index (κ3) is 2.87. The zero-order valence-electron chi connectivity index (χ0n) is 17.2. The van der Waals surface area contributed by atoms with Crippen molar-refractivity contribution in [3.8, 4) is 0 Å². The smallest absolute Gasteiger partial charge is 0.157 e. The molecule has 4 aliphatic carbocycles. The predicted molar refractivity (Wildman–Crippen MR) is 105 cm³/mol. The first-order valence-electron chi connectivity index (χ1n) is 11.5. The van der Waals surface area contributed by atoms with Crippen molar-refractivity contribution in [2.75, 3.05) is 6.61 Å². The summed E-state index contributed by atoms with van der Waals surface area (Å²) in [5.74, 6) is 2.68. The predicted octanol–water partition coefficient (Wildman–Crippen LogP) is 5.43. The molecule has 1 saturated heterocycles. The van der Waals surface area contributed by atoms with Gasteiger partial charge in [0.05, 0.1) is 6.10 Å². The van der Waals surface area contributed by atoms with Crippen molar-refractivity contribution in [2.45, 2.75) is 96.9 Å². The van der Waals surface area contributed by atoms with Gasteiger partial charge in [0.1, 0.15) is 5.78 Å². The highest BCUT2D eigenvalue weighted by atomic mass is 16.7. The average Bonchev–Trinajstić information content (AvgIpc) is 2.98. The van der Waals surface area contributed by atoms with Crippen LogP contribution in [0.3, 0.4) is 0 Å². The van der Waals surface area contributed by atoms with E-state index in [9.17, 15) is 4.79 Å². The van der Waals surface area contributed by atoms with Gasteiger partial charge < -0.3 is 9.47 Å². The molecular weight excluding hydrogens is 336 g/mol. The van der Waals surface area contributed by atoms with Crippen molar-refractivity contribution < 1.29 is 14.3 Å². The number of allylic oxidation sites excluding steroid dienone is 1. The first kappa shape index (κ1) is 18.4. The summed E-state index contributed by atoms with van der Waals surface area (Å²) >= 11 is 0. The topological polar surface area (TPSA) is 35.5 Å². The lowest BCUT2D eigenvalue weighted by Crippen LogP contribution is -2.50. The Hall–Kier alpha value is -0.670. The second-order valence-electron chi connectivity index (χ2n) is 10.5. The van der Waals surface area contributed by atoms with Gasteiger partial charge in [-0.1, -0.05) is 25.5 Å². The summed E-state index contributed by atoms with van der Waals surface area (Å²) < 4.78 is 12.2. The Balaban J connectivity index is 1.32. The van der Waals surface area contributed by atoms with E-state index < -0.39 is 0 Å².